The van der Waals surface area contributed by atoms with E-state index < -0.39 is 28.1 Å². The van der Waals surface area contributed by atoms with Crippen LogP contribution in [-0.2, 0) is 14.8 Å². The fourth-order valence-corrected chi connectivity index (χ4v) is 5.08. The molecular formula is C11H13Cl2N3O4S. The summed E-state index contributed by atoms with van der Waals surface area (Å²) in [5, 5.41) is 9.29. The molecule has 0 spiro atoms. The zero-order valence-corrected chi connectivity index (χ0v) is 13.0. The van der Waals surface area contributed by atoms with Gasteiger partial charge < -0.3 is 16.6 Å². The van der Waals surface area contributed by atoms with E-state index in [9.17, 15) is 18.3 Å². The van der Waals surface area contributed by atoms with Crippen LogP contribution in [-0.4, -0.2) is 42.4 Å². The van der Waals surface area contributed by atoms with E-state index in [4.69, 9.17) is 34.7 Å². The van der Waals surface area contributed by atoms with Crippen LogP contribution in [0.1, 0.15) is 6.42 Å². The maximum absolute atomic E-state index is 12.6. The lowest BCUT2D eigenvalue weighted by Gasteiger charge is -2.22. The molecule has 1 fully saturated rings. The average molecular weight is 354 g/mol. The number of benzene rings is 1. The topological polar surface area (TPSA) is 127 Å². The first kappa shape index (κ1) is 16.3. The number of halogens is 2. The first-order valence-corrected chi connectivity index (χ1v) is 8.08. The summed E-state index contributed by atoms with van der Waals surface area (Å²) in [7, 11) is -4.19. The zero-order valence-electron chi connectivity index (χ0n) is 10.7. The standard InChI is InChI=1S/C11H13Cl2N3O4S/c12-7-1-5(14)2-8(13)10(7)21(19,20)16-4-6(17)3-9(16)11(15)18/h1-2,6,9,17H,3-4,14H2,(H2,15,18). The molecule has 2 atom stereocenters. The molecule has 2 rings (SSSR count). The number of nitrogens with two attached hydrogens (primary N) is 2. The number of aliphatic hydroxyl groups is 1. The molecule has 2 unspecified atom stereocenters. The van der Waals surface area contributed by atoms with E-state index in [1.54, 1.807) is 0 Å². The van der Waals surface area contributed by atoms with Gasteiger partial charge in [0.05, 0.1) is 16.1 Å². The molecule has 1 aliphatic heterocycles. The Morgan fingerprint density at radius 3 is 2.33 bits per heavy atom. The van der Waals surface area contributed by atoms with Crippen LogP contribution in [0.25, 0.3) is 0 Å². The van der Waals surface area contributed by atoms with Crippen molar-refractivity contribution in [3.05, 3.63) is 22.2 Å². The first-order valence-electron chi connectivity index (χ1n) is 5.88. The first-order chi connectivity index (χ1) is 9.64. The Kier molecular flexibility index (Phi) is 4.36. The highest BCUT2D eigenvalue weighted by Crippen LogP contribution is 2.36. The van der Waals surface area contributed by atoms with E-state index in [1.165, 1.54) is 12.1 Å². The predicted octanol–water partition coefficient (Wildman–Crippen LogP) is 0.185. The minimum Gasteiger partial charge on any atom is -0.399 e. The van der Waals surface area contributed by atoms with E-state index in [1.807, 2.05) is 0 Å². The molecular weight excluding hydrogens is 341 g/mol. The van der Waals surface area contributed by atoms with Gasteiger partial charge in [0.15, 0.2) is 0 Å². The maximum Gasteiger partial charge on any atom is 0.246 e. The number of amides is 1. The van der Waals surface area contributed by atoms with Gasteiger partial charge in [-0.1, -0.05) is 23.2 Å². The lowest BCUT2D eigenvalue weighted by Crippen LogP contribution is -2.43. The molecule has 10 heteroatoms. The largest absolute Gasteiger partial charge is 0.399 e. The fourth-order valence-electron chi connectivity index (χ4n) is 2.25. The molecule has 0 bridgehead atoms. The Bertz CT molecular complexity index is 672. The molecule has 1 aliphatic rings. The number of hydrogen-bond acceptors (Lipinski definition) is 5. The second-order valence-electron chi connectivity index (χ2n) is 4.70. The van der Waals surface area contributed by atoms with Crippen LogP contribution in [0.15, 0.2) is 17.0 Å². The van der Waals surface area contributed by atoms with Crippen LogP contribution in [0.5, 0.6) is 0 Å². The smallest absolute Gasteiger partial charge is 0.246 e. The lowest BCUT2D eigenvalue weighted by atomic mass is 10.2. The number of sulfonamides is 1. The number of hydrogen-bond donors (Lipinski definition) is 3. The zero-order chi connectivity index (χ0) is 15.9. The number of carbonyl (C=O) groups is 1. The molecule has 0 saturated carbocycles. The van der Waals surface area contributed by atoms with Gasteiger partial charge in [-0.05, 0) is 12.1 Å². The van der Waals surface area contributed by atoms with Crippen molar-refractivity contribution >= 4 is 44.8 Å². The summed E-state index contributed by atoms with van der Waals surface area (Å²) in [6.07, 6.45) is -1.05. The molecule has 0 aromatic heterocycles. The highest BCUT2D eigenvalue weighted by molar-refractivity contribution is 7.89. The Hall–Kier alpha value is -1.06. The Morgan fingerprint density at radius 1 is 1.33 bits per heavy atom. The molecule has 0 aliphatic carbocycles. The van der Waals surface area contributed by atoms with Gasteiger partial charge in [0.25, 0.3) is 0 Å². The van der Waals surface area contributed by atoms with Crippen LogP contribution in [0.3, 0.4) is 0 Å². The molecule has 116 valence electrons. The van der Waals surface area contributed by atoms with Gasteiger partial charge in [-0.2, -0.15) is 4.31 Å². The molecule has 5 N–H and O–H groups in total. The Balaban J connectivity index is 2.55. The van der Waals surface area contributed by atoms with Gasteiger partial charge in [-0.15, -0.1) is 0 Å². The van der Waals surface area contributed by atoms with Crippen LogP contribution in [0.4, 0.5) is 5.69 Å². The summed E-state index contributed by atoms with van der Waals surface area (Å²) in [6, 6.07) is 1.34. The molecule has 1 heterocycles. The van der Waals surface area contributed by atoms with Crippen LogP contribution in [0.2, 0.25) is 10.0 Å². The highest BCUT2D eigenvalue weighted by atomic mass is 35.5. The molecule has 21 heavy (non-hydrogen) atoms. The van der Waals surface area contributed by atoms with Crippen molar-refractivity contribution < 1.29 is 18.3 Å². The predicted molar refractivity (Wildman–Crippen MR) is 78.4 cm³/mol. The quantitative estimate of drug-likeness (QED) is 0.668. The number of nitrogen functional groups attached to an aromatic ring is 1. The van der Waals surface area contributed by atoms with E-state index in [-0.39, 0.29) is 33.6 Å². The number of rotatable bonds is 3. The minimum atomic E-state index is -4.19. The van der Waals surface area contributed by atoms with Gasteiger partial charge >= 0.3 is 0 Å². The fraction of sp³-hybridized carbons (Fsp3) is 0.364. The summed E-state index contributed by atoms with van der Waals surface area (Å²) >= 11 is 11.8. The minimum absolute atomic E-state index is 0.0707. The molecule has 0 radical (unpaired) electrons. The molecule has 1 aromatic rings. The normalized spacial score (nSPS) is 23.4. The van der Waals surface area contributed by atoms with Gasteiger partial charge in [-0.3, -0.25) is 4.79 Å². The number of β-amino-alcohol motifs (C(OH)–C–C–N with tert-alkyl or cyclic N) is 1. The molecule has 1 saturated heterocycles. The summed E-state index contributed by atoms with van der Waals surface area (Å²) in [5.74, 6) is -0.849. The number of anilines is 1. The van der Waals surface area contributed by atoms with E-state index in [0.717, 1.165) is 4.31 Å². The summed E-state index contributed by atoms with van der Waals surface area (Å²) in [5.41, 5.74) is 10.9. The summed E-state index contributed by atoms with van der Waals surface area (Å²) in [6.45, 7) is -0.257. The van der Waals surface area contributed by atoms with Crippen molar-refractivity contribution in [2.75, 3.05) is 12.3 Å². The van der Waals surface area contributed by atoms with Crippen molar-refractivity contribution in [1.82, 2.24) is 4.31 Å². The number of carbonyl (C=O) groups excluding carboxylic acids is 1. The molecule has 7 nitrogen and oxygen atoms in total. The SMILES string of the molecule is NC(=O)C1CC(O)CN1S(=O)(=O)c1c(Cl)cc(N)cc1Cl. The summed E-state index contributed by atoms with van der Waals surface area (Å²) in [4.78, 5) is 11.0. The second-order valence-corrected chi connectivity index (χ2v) is 7.34. The van der Waals surface area contributed by atoms with E-state index in [2.05, 4.69) is 0 Å². The Morgan fingerprint density at radius 2 is 1.86 bits per heavy atom. The lowest BCUT2D eigenvalue weighted by molar-refractivity contribution is -0.121. The van der Waals surface area contributed by atoms with Crippen LogP contribution < -0.4 is 11.5 Å². The van der Waals surface area contributed by atoms with Crippen molar-refractivity contribution in [2.24, 2.45) is 5.73 Å². The monoisotopic (exact) mass is 353 g/mol. The third-order valence-electron chi connectivity index (χ3n) is 3.15. The average Bonchev–Trinajstić information content (AvgIpc) is 2.70. The van der Waals surface area contributed by atoms with E-state index >= 15 is 0 Å². The van der Waals surface area contributed by atoms with Crippen molar-refractivity contribution in [1.29, 1.82) is 0 Å². The highest BCUT2D eigenvalue weighted by Gasteiger charge is 2.44. The Labute approximate surface area is 131 Å². The number of nitrogens with zero attached hydrogens (tertiary/aromatic N) is 1. The molecule has 1 amide bonds. The van der Waals surface area contributed by atoms with Gasteiger partial charge in [-0.25, -0.2) is 8.42 Å². The second kappa shape index (κ2) is 5.62. The third kappa shape index (κ3) is 2.95. The molecule has 1 aromatic carbocycles. The van der Waals surface area contributed by atoms with Crippen molar-refractivity contribution in [3.8, 4) is 0 Å². The van der Waals surface area contributed by atoms with E-state index in [0.29, 0.717) is 0 Å². The third-order valence-corrected chi connectivity index (χ3v) is 5.95. The van der Waals surface area contributed by atoms with Gasteiger partial charge in [0.2, 0.25) is 15.9 Å². The van der Waals surface area contributed by atoms with Crippen LogP contribution in [0, 0.1) is 0 Å². The van der Waals surface area contributed by atoms with Crippen molar-refractivity contribution in [3.63, 3.8) is 0 Å². The van der Waals surface area contributed by atoms with Crippen LogP contribution >= 0.6 is 23.2 Å². The van der Waals surface area contributed by atoms with Crippen molar-refractivity contribution in [2.45, 2.75) is 23.5 Å². The maximum atomic E-state index is 12.6. The summed E-state index contributed by atoms with van der Waals surface area (Å²) < 4.78 is 26.1. The van der Waals surface area contributed by atoms with Gasteiger partial charge in [0.1, 0.15) is 10.9 Å². The number of aliphatic hydroxyl groups excluding tert-OH is 1. The van der Waals surface area contributed by atoms with Gasteiger partial charge in [0, 0.05) is 18.7 Å². The number of primary amides is 1.